The van der Waals surface area contributed by atoms with E-state index in [0.717, 1.165) is 34.0 Å². The molecule has 0 saturated heterocycles. The Hall–Kier alpha value is -3.41. The van der Waals surface area contributed by atoms with E-state index in [2.05, 4.69) is 15.7 Å². The molecule has 6 nitrogen and oxygen atoms in total. The fourth-order valence-corrected chi connectivity index (χ4v) is 3.35. The van der Waals surface area contributed by atoms with Crippen LogP contribution in [-0.4, -0.2) is 21.6 Å². The fourth-order valence-electron chi connectivity index (χ4n) is 3.35. The number of carbonyl (C=O) groups excluding carboxylic acids is 2. The minimum Gasteiger partial charge on any atom is -0.326 e. The number of benzene rings is 2. The summed E-state index contributed by atoms with van der Waals surface area (Å²) < 4.78 is 1.83. The fraction of sp³-hybridized carbons (Fsp3) is 0.190. The summed E-state index contributed by atoms with van der Waals surface area (Å²) in [6, 6.07) is 15.2. The number of anilines is 2. The van der Waals surface area contributed by atoms with E-state index in [1.807, 2.05) is 54.9 Å². The van der Waals surface area contributed by atoms with Crippen molar-refractivity contribution in [2.75, 3.05) is 10.6 Å². The van der Waals surface area contributed by atoms with Crippen molar-refractivity contribution in [3.63, 3.8) is 0 Å². The molecule has 0 fully saturated rings. The van der Waals surface area contributed by atoms with Gasteiger partial charge in [-0.15, -0.1) is 0 Å². The first-order chi connectivity index (χ1) is 13.0. The lowest BCUT2D eigenvalue weighted by molar-refractivity contribution is -0.116. The topological polar surface area (TPSA) is 76.0 Å². The predicted octanol–water partition coefficient (Wildman–Crippen LogP) is 3.63. The van der Waals surface area contributed by atoms with E-state index in [9.17, 15) is 9.59 Å². The number of rotatable bonds is 3. The molecule has 4 rings (SSSR count). The van der Waals surface area contributed by atoms with Crippen molar-refractivity contribution in [2.24, 2.45) is 0 Å². The number of nitrogens with zero attached hydrogens (tertiary/aromatic N) is 2. The zero-order valence-corrected chi connectivity index (χ0v) is 15.2. The molecular weight excluding hydrogens is 340 g/mol. The van der Waals surface area contributed by atoms with Crippen LogP contribution in [0.15, 0.2) is 48.5 Å². The molecule has 0 saturated carbocycles. The Morgan fingerprint density at radius 2 is 1.89 bits per heavy atom. The molecule has 0 atom stereocenters. The highest BCUT2D eigenvalue weighted by Crippen LogP contribution is 2.26. The minimum absolute atomic E-state index is 0.0132. The van der Waals surface area contributed by atoms with Crippen LogP contribution in [0.5, 0.6) is 0 Å². The largest absolute Gasteiger partial charge is 0.326 e. The third-order valence-corrected chi connectivity index (χ3v) is 4.79. The number of fused-ring (bicyclic) bond motifs is 1. The summed E-state index contributed by atoms with van der Waals surface area (Å²) in [5.74, 6) is -0.173. The molecule has 6 heteroatoms. The van der Waals surface area contributed by atoms with Crippen LogP contribution in [0, 0.1) is 13.8 Å². The van der Waals surface area contributed by atoms with E-state index in [0.29, 0.717) is 18.4 Å². The third-order valence-electron chi connectivity index (χ3n) is 4.79. The molecule has 2 N–H and O–H groups in total. The second kappa shape index (κ2) is 6.72. The minimum atomic E-state index is -0.187. The first-order valence-corrected chi connectivity index (χ1v) is 8.88. The summed E-state index contributed by atoms with van der Waals surface area (Å²) in [5.41, 5.74) is 5.63. The number of hydrogen-bond donors (Lipinski definition) is 2. The van der Waals surface area contributed by atoms with Crippen molar-refractivity contribution < 1.29 is 9.59 Å². The van der Waals surface area contributed by atoms with Crippen molar-refractivity contribution in [3.8, 4) is 5.69 Å². The molecule has 0 aliphatic carbocycles. The van der Waals surface area contributed by atoms with Crippen molar-refractivity contribution in [3.05, 3.63) is 71.0 Å². The lowest BCUT2D eigenvalue weighted by atomic mass is 10.00. The number of nitrogens with one attached hydrogen (secondary N) is 2. The van der Waals surface area contributed by atoms with Gasteiger partial charge < -0.3 is 10.6 Å². The summed E-state index contributed by atoms with van der Waals surface area (Å²) in [4.78, 5) is 24.3. The van der Waals surface area contributed by atoms with Gasteiger partial charge in [0, 0.05) is 17.7 Å². The van der Waals surface area contributed by atoms with Crippen molar-refractivity contribution in [1.82, 2.24) is 9.78 Å². The Morgan fingerprint density at radius 3 is 2.67 bits per heavy atom. The number of hydrogen-bond acceptors (Lipinski definition) is 3. The normalized spacial score (nSPS) is 13.0. The first kappa shape index (κ1) is 17.0. The summed E-state index contributed by atoms with van der Waals surface area (Å²) in [6.45, 7) is 3.81. The van der Waals surface area contributed by atoms with E-state index >= 15 is 0 Å². The maximum atomic E-state index is 12.8. The monoisotopic (exact) mass is 360 g/mol. The maximum absolute atomic E-state index is 12.8. The Kier molecular flexibility index (Phi) is 4.24. The van der Waals surface area contributed by atoms with Gasteiger partial charge in [0.1, 0.15) is 0 Å². The number of aryl methyl sites for hydroxylation is 2. The Morgan fingerprint density at radius 1 is 1.11 bits per heavy atom. The van der Waals surface area contributed by atoms with Crippen LogP contribution >= 0.6 is 0 Å². The van der Waals surface area contributed by atoms with Gasteiger partial charge in [0.2, 0.25) is 5.91 Å². The van der Waals surface area contributed by atoms with Crippen LogP contribution < -0.4 is 10.6 Å². The summed E-state index contributed by atoms with van der Waals surface area (Å²) >= 11 is 0. The van der Waals surface area contributed by atoms with Gasteiger partial charge in [0.05, 0.1) is 22.8 Å². The van der Waals surface area contributed by atoms with Gasteiger partial charge in [-0.3, -0.25) is 9.59 Å². The maximum Gasteiger partial charge on any atom is 0.255 e. The standard InChI is InChI=1S/C21H20N4O2/c1-13-20(14(2)25(24-13)17-6-4-3-5-7-17)23-21(27)16-8-10-18-15(12-16)9-11-19(26)22-18/h3-8,10,12H,9,11H2,1-2H3,(H,22,26)(H,23,27). The molecule has 3 aromatic rings. The molecule has 1 aliphatic rings. The Balaban J connectivity index is 1.60. The Labute approximate surface area is 157 Å². The van der Waals surface area contributed by atoms with E-state index < -0.39 is 0 Å². The van der Waals surface area contributed by atoms with Gasteiger partial charge in [0.15, 0.2) is 0 Å². The van der Waals surface area contributed by atoms with Crippen LogP contribution in [0.4, 0.5) is 11.4 Å². The second-order valence-electron chi connectivity index (χ2n) is 6.67. The molecule has 0 unspecified atom stereocenters. The average Bonchev–Trinajstić information content (AvgIpc) is 2.96. The molecule has 136 valence electrons. The lowest BCUT2D eigenvalue weighted by Gasteiger charge is -2.17. The molecule has 1 aliphatic heterocycles. The quantitative estimate of drug-likeness (QED) is 0.749. The van der Waals surface area contributed by atoms with Crippen molar-refractivity contribution >= 4 is 23.2 Å². The SMILES string of the molecule is Cc1nn(-c2ccccc2)c(C)c1NC(=O)c1ccc2c(c1)CCC(=O)N2. The smallest absolute Gasteiger partial charge is 0.255 e. The van der Waals surface area contributed by atoms with Gasteiger partial charge in [-0.25, -0.2) is 4.68 Å². The molecule has 1 aromatic heterocycles. The molecule has 2 heterocycles. The predicted molar refractivity (Wildman–Crippen MR) is 104 cm³/mol. The second-order valence-corrected chi connectivity index (χ2v) is 6.67. The van der Waals surface area contributed by atoms with Gasteiger partial charge in [-0.05, 0) is 56.2 Å². The number of aromatic nitrogens is 2. The molecule has 2 aromatic carbocycles. The van der Waals surface area contributed by atoms with Crippen molar-refractivity contribution in [2.45, 2.75) is 26.7 Å². The first-order valence-electron chi connectivity index (χ1n) is 8.88. The van der Waals surface area contributed by atoms with E-state index in [1.165, 1.54) is 0 Å². The van der Waals surface area contributed by atoms with E-state index in [1.54, 1.807) is 12.1 Å². The highest BCUT2D eigenvalue weighted by Gasteiger charge is 2.19. The van der Waals surface area contributed by atoms with Crippen LogP contribution in [0.3, 0.4) is 0 Å². The van der Waals surface area contributed by atoms with Crippen LogP contribution in [0.25, 0.3) is 5.69 Å². The van der Waals surface area contributed by atoms with E-state index in [4.69, 9.17) is 0 Å². The highest BCUT2D eigenvalue weighted by molar-refractivity contribution is 6.06. The molecule has 0 spiro atoms. The molecular formula is C21H20N4O2. The van der Waals surface area contributed by atoms with Gasteiger partial charge in [0.25, 0.3) is 5.91 Å². The Bertz CT molecular complexity index is 1040. The molecule has 27 heavy (non-hydrogen) atoms. The van der Waals surface area contributed by atoms with Gasteiger partial charge in [-0.2, -0.15) is 5.10 Å². The number of amides is 2. The van der Waals surface area contributed by atoms with Gasteiger partial charge >= 0.3 is 0 Å². The lowest BCUT2D eigenvalue weighted by Crippen LogP contribution is -2.20. The summed E-state index contributed by atoms with van der Waals surface area (Å²) in [7, 11) is 0. The zero-order valence-electron chi connectivity index (χ0n) is 15.2. The average molecular weight is 360 g/mol. The van der Waals surface area contributed by atoms with Crippen LogP contribution in [-0.2, 0) is 11.2 Å². The summed E-state index contributed by atoms with van der Waals surface area (Å²) in [5, 5.41) is 10.4. The number of carbonyl (C=O) groups is 2. The van der Waals surface area contributed by atoms with Crippen LogP contribution in [0.2, 0.25) is 0 Å². The zero-order chi connectivity index (χ0) is 19.0. The van der Waals surface area contributed by atoms with Crippen molar-refractivity contribution in [1.29, 1.82) is 0 Å². The van der Waals surface area contributed by atoms with Gasteiger partial charge in [-0.1, -0.05) is 18.2 Å². The molecule has 0 bridgehead atoms. The molecule has 0 radical (unpaired) electrons. The summed E-state index contributed by atoms with van der Waals surface area (Å²) in [6.07, 6.45) is 1.09. The van der Waals surface area contributed by atoms with E-state index in [-0.39, 0.29) is 11.8 Å². The third kappa shape index (κ3) is 3.21. The number of para-hydroxylation sites is 1. The highest BCUT2D eigenvalue weighted by atomic mass is 16.2. The van der Waals surface area contributed by atoms with Crippen LogP contribution in [0.1, 0.15) is 33.7 Å². The molecule has 2 amide bonds.